The number of thiazole rings is 1. The topological polar surface area (TPSA) is 43.6 Å². The van der Waals surface area contributed by atoms with Crippen molar-refractivity contribution in [3.63, 3.8) is 0 Å². The summed E-state index contributed by atoms with van der Waals surface area (Å²) >= 11 is 4.90. The van der Waals surface area contributed by atoms with E-state index >= 15 is 0 Å². The number of hydrogen-bond acceptors (Lipinski definition) is 4. The van der Waals surface area contributed by atoms with Gasteiger partial charge in [-0.1, -0.05) is 15.9 Å². The van der Waals surface area contributed by atoms with E-state index in [0.717, 1.165) is 21.4 Å². The number of halogens is 1. The van der Waals surface area contributed by atoms with Crippen LogP contribution in [0.5, 0.6) is 5.75 Å². The second-order valence-corrected chi connectivity index (χ2v) is 5.70. The molecule has 4 nitrogen and oxygen atoms in total. The van der Waals surface area contributed by atoms with E-state index in [2.05, 4.69) is 20.9 Å². The second-order valence-electron chi connectivity index (χ2n) is 3.91. The van der Waals surface area contributed by atoms with Gasteiger partial charge in [-0.15, -0.1) is 11.3 Å². The van der Waals surface area contributed by atoms with Gasteiger partial charge in [0.15, 0.2) is 11.2 Å². The fraction of sp³-hybridized carbons (Fsp3) is 0.0769. The van der Waals surface area contributed by atoms with Crippen LogP contribution in [0.4, 0.5) is 0 Å². The fourth-order valence-corrected chi connectivity index (χ4v) is 2.84. The number of hydrogen-bond donors (Lipinski definition) is 0. The number of aromatic nitrogens is 2. The monoisotopic (exact) mass is 336 g/mol. The van der Waals surface area contributed by atoms with E-state index in [-0.39, 0.29) is 0 Å². The molecule has 3 aromatic rings. The van der Waals surface area contributed by atoms with Crippen LogP contribution < -0.4 is 4.74 Å². The van der Waals surface area contributed by atoms with Crippen molar-refractivity contribution in [3.8, 4) is 5.75 Å². The first-order valence-electron chi connectivity index (χ1n) is 5.55. The molecule has 96 valence electrons. The summed E-state index contributed by atoms with van der Waals surface area (Å²) < 4.78 is 8.45. The predicted octanol–water partition coefficient (Wildman–Crippen LogP) is 3.55. The van der Waals surface area contributed by atoms with Gasteiger partial charge in [-0.25, -0.2) is 4.98 Å². The molecule has 0 saturated heterocycles. The average molecular weight is 337 g/mol. The third kappa shape index (κ3) is 2.54. The van der Waals surface area contributed by atoms with Gasteiger partial charge in [0.1, 0.15) is 12.4 Å². The number of nitrogens with zero attached hydrogens (tertiary/aromatic N) is 2. The molecule has 2 heterocycles. The van der Waals surface area contributed by atoms with Crippen molar-refractivity contribution in [1.29, 1.82) is 0 Å². The minimum atomic E-state index is 0.344. The minimum absolute atomic E-state index is 0.344. The summed E-state index contributed by atoms with van der Waals surface area (Å²) in [5.74, 6) is 0.564. The number of aldehydes is 1. The average Bonchev–Trinajstić information content (AvgIpc) is 2.97. The maximum Gasteiger partial charge on any atom is 0.193 e. The Hall–Kier alpha value is -1.66. The highest BCUT2D eigenvalue weighted by Crippen LogP contribution is 2.22. The van der Waals surface area contributed by atoms with Crippen molar-refractivity contribution in [2.24, 2.45) is 0 Å². The molecule has 3 rings (SSSR count). The number of benzene rings is 1. The van der Waals surface area contributed by atoms with Gasteiger partial charge < -0.3 is 4.74 Å². The summed E-state index contributed by atoms with van der Waals surface area (Å²) in [5, 5.41) is 1.98. The Bertz CT molecular complexity index is 707. The number of fused-ring (bicyclic) bond motifs is 1. The molecule has 0 radical (unpaired) electrons. The Morgan fingerprint density at radius 3 is 3.16 bits per heavy atom. The summed E-state index contributed by atoms with van der Waals surface area (Å²) in [6.45, 7) is 0.344. The van der Waals surface area contributed by atoms with Gasteiger partial charge in [0.2, 0.25) is 0 Å². The zero-order chi connectivity index (χ0) is 13.2. The highest BCUT2D eigenvalue weighted by molar-refractivity contribution is 9.10. The molecule has 6 heteroatoms. The van der Waals surface area contributed by atoms with Crippen LogP contribution in [-0.4, -0.2) is 15.7 Å². The van der Waals surface area contributed by atoms with Crippen LogP contribution in [0.3, 0.4) is 0 Å². The van der Waals surface area contributed by atoms with Crippen LogP contribution in [-0.2, 0) is 6.61 Å². The molecule has 19 heavy (non-hydrogen) atoms. The zero-order valence-corrected chi connectivity index (χ0v) is 12.1. The van der Waals surface area contributed by atoms with Crippen molar-refractivity contribution in [2.75, 3.05) is 0 Å². The van der Waals surface area contributed by atoms with E-state index < -0.39 is 0 Å². The van der Waals surface area contributed by atoms with Crippen LogP contribution in [0.2, 0.25) is 0 Å². The lowest BCUT2D eigenvalue weighted by Crippen LogP contribution is -1.98. The molecule has 0 fully saturated rings. The highest BCUT2D eigenvalue weighted by atomic mass is 79.9. The van der Waals surface area contributed by atoms with E-state index in [4.69, 9.17) is 4.74 Å². The highest BCUT2D eigenvalue weighted by Gasteiger charge is 2.07. The van der Waals surface area contributed by atoms with Gasteiger partial charge in [0.25, 0.3) is 0 Å². The number of imidazole rings is 1. The maximum absolute atomic E-state index is 11.0. The van der Waals surface area contributed by atoms with E-state index in [9.17, 15) is 4.79 Å². The van der Waals surface area contributed by atoms with Crippen LogP contribution in [0.25, 0.3) is 4.96 Å². The standard InChI is InChI=1S/C13H9BrN2O2S/c14-10-1-2-12(9(5-10)7-17)18-8-11-6-16-3-4-19-13(16)15-11/h1-7H,8H2. The van der Waals surface area contributed by atoms with Crippen LogP contribution in [0.15, 0.2) is 40.4 Å². The van der Waals surface area contributed by atoms with Crippen LogP contribution in [0.1, 0.15) is 16.1 Å². The molecule has 0 unspecified atom stereocenters. The Morgan fingerprint density at radius 2 is 2.37 bits per heavy atom. The number of carbonyl (C=O) groups is 1. The van der Waals surface area contributed by atoms with Crippen LogP contribution >= 0.6 is 27.3 Å². The van der Waals surface area contributed by atoms with Crippen LogP contribution in [0, 0.1) is 0 Å². The molecular weight excluding hydrogens is 328 g/mol. The predicted molar refractivity (Wildman–Crippen MR) is 76.9 cm³/mol. The molecular formula is C13H9BrN2O2S. The van der Waals surface area contributed by atoms with Gasteiger partial charge in [-0.3, -0.25) is 9.20 Å². The van der Waals surface area contributed by atoms with E-state index in [1.165, 1.54) is 0 Å². The van der Waals surface area contributed by atoms with E-state index in [1.807, 2.05) is 28.2 Å². The van der Waals surface area contributed by atoms with Gasteiger partial charge in [-0.05, 0) is 18.2 Å². The first kappa shape index (κ1) is 12.4. The molecule has 2 aromatic heterocycles. The molecule has 0 atom stereocenters. The lowest BCUT2D eigenvalue weighted by Gasteiger charge is -2.06. The van der Waals surface area contributed by atoms with Crippen molar-refractivity contribution in [1.82, 2.24) is 9.38 Å². The largest absolute Gasteiger partial charge is 0.486 e. The van der Waals surface area contributed by atoms with Gasteiger partial charge in [0, 0.05) is 22.2 Å². The summed E-state index contributed by atoms with van der Waals surface area (Å²) in [6, 6.07) is 5.34. The zero-order valence-electron chi connectivity index (χ0n) is 9.75. The molecule has 0 N–H and O–H groups in total. The fourth-order valence-electron chi connectivity index (χ4n) is 1.74. The Morgan fingerprint density at radius 1 is 1.47 bits per heavy atom. The van der Waals surface area contributed by atoms with Gasteiger partial charge in [0.05, 0.1) is 11.3 Å². The number of rotatable bonds is 4. The number of carbonyl (C=O) groups excluding carboxylic acids is 1. The molecule has 0 saturated carbocycles. The lowest BCUT2D eigenvalue weighted by atomic mass is 10.2. The first-order chi connectivity index (χ1) is 9.26. The third-order valence-corrected chi connectivity index (χ3v) is 3.88. The molecule has 0 amide bonds. The van der Waals surface area contributed by atoms with Gasteiger partial charge in [-0.2, -0.15) is 0 Å². The van der Waals surface area contributed by atoms with Crippen molar-refractivity contribution >= 4 is 38.5 Å². The normalized spacial score (nSPS) is 10.8. The molecule has 0 aliphatic heterocycles. The Kier molecular flexibility index (Phi) is 3.35. The number of ether oxygens (including phenoxy) is 1. The summed E-state index contributed by atoms with van der Waals surface area (Å²) in [4.78, 5) is 16.3. The minimum Gasteiger partial charge on any atom is -0.486 e. The SMILES string of the molecule is O=Cc1cc(Br)ccc1OCc1cn2ccsc2n1. The van der Waals surface area contributed by atoms with Gasteiger partial charge >= 0.3 is 0 Å². The quantitative estimate of drug-likeness (QED) is 0.684. The molecule has 0 bridgehead atoms. The maximum atomic E-state index is 11.0. The molecule has 0 spiro atoms. The first-order valence-corrected chi connectivity index (χ1v) is 7.22. The van der Waals surface area contributed by atoms with E-state index in [1.54, 1.807) is 23.5 Å². The summed E-state index contributed by atoms with van der Waals surface area (Å²) in [6.07, 6.45) is 4.66. The molecule has 0 aliphatic carbocycles. The smallest absolute Gasteiger partial charge is 0.193 e. The Balaban J connectivity index is 1.78. The third-order valence-electron chi connectivity index (χ3n) is 2.62. The van der Waals surface area contributed by atoms with Crippen molar-refractivity contribution < 1.29 is 9.53 Å². The summed E-state index contributed by atoms with van der Waals surface area (Å²) in [5.41, 5.74) is 1.36. The lowest BCUT2D eigenvalue weighted by molar-refractivity contribution is 0.111. The van der Waals surface area contributed by atoms with Crippen molar-refractivity contribution in [3.05, 3.63) is 51.7 Å². The van der Waals surface area contributed by atoms with Crippen molar-refractivity contribution in [2.45, 2.75) is 6.61 Å². The second kappa shape index (κ2) is 5.14. The molecule has 0 aliphatic rings. The van der Waals surface area contributed by atoms with E-state index in [0.29, 0.717) is 17.9 Å². The molecule has 1 aromatic carbocycles. The Labute approximate surface area is 121 Å². The summed E-state index contributed by atoms with van der Waals surface area (Å²) in [7, 11) is 0.